The first kappa shape index (κ1) is 16.4. The molecule has 0 aliphatic heterocycles. The Bertz CT molecular complexity index is 472. The second-order valence-corrected chi connectivity index (χ2v) is 6.05. The van der Waals surface area contributed by atoms with Crippen molar-refractivity contribution in [2.75, 3.05) is 0 Å². The van der Waals surface area contributed by atoms with E-state index in [1.165, 1.54) is 11.3 Å². The molecule has 3 heteroatoms. The lowest BCUT2D eigenvalue weighted by atomic mass is 10.1. The highest BCUT2D eigenvalue weighted by Crippen LogP contribution is 2.05. The molecule has 3 nitrogen and oxygen atoms in total. The third kappa shape index (κ3) is 6.50. The largest absolute Gasteiger partial charge is 0.338 e. The number of aromatic nitrogens is 3. The van der Waals surface area contributed by atoms with Crippen molar-refractivity contribution >= 4 is 0 Å². The van der Waals surface area contributed by atoms with Gasteiger partial charge in [-0.05, 0) is 36.3 Å². The molecule has 0 radical (unpaired) electrons. The van der Waals surface area contributed by atoms with Gasteiger partial charge in [0, 0.05) is 31.3 Å². The standard InChI is InChI=1S/C9H13N.C8H14N2/c1-8(2)6-9-4-3-5-10-7-9;1-7(2)4-8-5-9-6-10(8)3/h3-5,7-8H,6H2,1-2H3;5-7H,4H2,1-3H3. The van der Waals surface area contributed by atoms with Crippen molar-refractivity contribution in [2.45, 2.75) is 40.5 Å². The fourth-order valence-corrected chi connectivity index (χ4v) is 1.99. The van der Waals surface area contributed by atoms with Crippen LogP contribution in [0.25, 0.3) is 0 Å². The van der Waals surface area contributed by atoms with E-state index in [0.717, 1.165) is 24.7 Å². The Labute approximate surface area is 123 Å². The van der Waals surface area contributed by atoms with Crippen LogP contribution in [0.5, 0.6) is 0 Å². The first-order chi connectivity index (χ1) is 9.49. The van der Waals surface area contributed by atoms with E-state index < -0.39 is 0 Å². The van der Waals surface area contributed by atoms with Gasteiger partial charge in [0.2, 0.25) is 0 Å². The zero-order valence-electron chi connectivity index (χ0n) is 13.4. The maximum atomic E-state index is 4.04. The van der Waals surface area contributed by atoms with Gasteiger partial charge in [0.25, 0.3) is 0 Å². The molecule has 2 heterocycles. The smallest absolute Gasteiger partial charge is 0.0945 e. The summed E-state index contributed by atoms with van der Waals surface area (Å²) in [6.45, 7) is 8.86. The zero-order valence-corrected chi connectivity index (χ0v) is 13.4. The molecule has 0 aliphatic carbocycles. The van der Waals surface area contributed by atoms with Crippen molar-refractivity contribution in [3.05, 3.63) is 48.3 Å². The van der Waals surface area contributed by atoms with Crippen molar-refractivity contribution in [3.8, 4) is 0 Å². The molecule has 0 N–H and O–H groups in total. The molecule has 0 bridgehead atoms. The molecule has 2 rings (SSSR count). The van der Waals surface area contributed by atoms with Gasteiger partial charge in [-0.3, -0.25) is 4.98 Å². The quantitative estimate of drug-likeness (QED) is 0.846. The Morgan fingerprint density at radius 1 is 1.00 bits per heavy atom. The SMILES string of the molecule is CC(C)Cc1cccnc1.CC(C)Cc1cncn1C. The van der Waals surface area contributed by atoms with E-state index in [2.05, 4.69) is 48.3 Å². The number of hydrogen-bond acceptors (Lipinski definition) is 2. The lowest BCUT2D eigenvalue weighted by Gasteiger charge is -2.03. The summed E-state index contributed by atoms with van der Waals surface area (Å²) in [5.41, 5.74) is 2.65. The normalized spacial score (nSPS) is 10.6. The predicted octanol–water partition coefficient (Wildman–Crippen LogP) is 3.90. The Balaban J connectivity index is 0.000000200. The molecule has 110 valence electrons. The van der Waals surface area contributed by atoms with Crippen LogP contribution in [0, 0.1) is 11.8 Å². The number of rotatable bonds is 4. The second-order valence-electron chi connectivity index (χ2n) is 6.05. The highest BCUT2D eigenvalue weighted by Gasteiger charge is 2.00. The van der Waals surface area contributed by atoms with Crippen molar-refractivity contribution in [1.82, 2.24) is 14.5 Å². The highest BCUT2D eigenvalue weighted by atomic mass is 15.0. The summed E-state index contributed by atoms with van der Waals surface area (Å²) in [6.07, 6.45) is 9.77. The van der Waals surface area contributed by atoms with E-state index in [-0.39, 0.29) is 0 Å². The van der Waals surface area contributed by atoms with Crippen LogP contribution < -0.4 is 0 Å². The lowest BCUT2D eigenvalue weighted by Crippen LogP contribution is -1.99. The van der Waals surface area contributed by atoms with Gasteiger partial charge in [0.05, 0.1) is 6.33 Å². The average molecular weight is 273 g/mol. The molecular formula is C17H27N3. The van der Waals surface area contributed by atoms with Crippen LogP contribution in [-0.2, 0) is 19.9 Å². The van der Waals surface area contributed by atoms with E-state index >= 15 is 0 Å². The van der Waals surface area contributed by atoms with Gasteiger partial charge in [-0.2, -0.15) is 0 Å². The predicted molar refractivity (Wildman–Crippen MR) is 84.5 cm³/mol. The molecule has 0 spiro atoms. The van der Waals surface area contributed by atoms with Crippen LogP contribution in [0.3, 0.4) is 0 Å². The minimum absolute atomic E-state index is 0.718. The van der Waals surface area contributed by atoms with Crippen molar-refractivity contribution in [2.24, 2.45) is 18.9 Å². The van der Waals surface area contributed by atoms with E-state index in [0.29, 0.717) is 0 Å². The maximum absolute atomic E-state index is 4.04. The van der Waals surface area contributed by atoms with Crippen LogP contribution in [0.2, 0.25) is 0 Å². The van der Waals surface area contributed by atoms with Gasteiger partial charge in [-0.25, -0.2) is 4.98 Å². The first-order valence-electron chi connectivity index (χ1n) is 7.33. The summed E-state index contributed by atoms with van der Waals surface area (Å²) < 4.78 is 2.07. The van der Waals surface area contributed by atoms with Crippen molar-refractivity contribution < 1.29 is 0 Å². The Kier molecular flexibility index (Phi) is 6.99. The Hall–Kier alpha value is -1.64. The fourth-order valence-electron chi connectivity index (χ4n) is 1.99. The van der Waals surface area contributed by atoms with Crippen molar-refractivity contribution in [3.63, 3.8) is 0 Å². The molecular weight excluding hydrogens is 246 g/mol. The summed E-state index contributed by atoms with van der Waals surface area (Å²) in [5, 5.41) is 0. The molecule has 20 heavy (non-hydrogen) atoms. The first-order valence-corrected chi connectivity index (χ1v) is 7.33. The third-order valence-corrected chi connectivity index (χ3v) is 2.90. The summed E-state index contributed by atoms with van der Waals surface area (Å²) in [5.74, 6) is 1.44. The molecule has 0 aromatic carbocycles. The van der Waals surface area contributed by atoms with Crippen LogP contribution >= 0.6 is 0 Å². The van der Waals surface area contributed by atoms with Crippen LogP contribution in [0.15, 0.2) is 37.1 Å². The van der Waals surface area contributed by atoms with Gasteiger partial charge in [0.15, 0.2) is 0 Å². The number of nitrogens with zero attached hydrogens (tertiary/aromatic N) is 3. The molecule has 0 aliphatic rings. The Morgan fingerprint density at radius 3 is 2.15 bits per heavy atom. The lowest BCUT2D eigenvalue weighted by molar-refractivity contribution is 0.616. The second kappa shape index (κ2) is 8.51. The van der Waals surface area contributed by atoms with Gasteiger partial charge >= 0.3 is 0 Å². The van der Waals surface area contributed by atoms with Crippen LogP contribution in [-0.4, -0.2) is 14.5 Å². The number of aryl methyl sites for hydroxylation is 1. The molecule has 0 saturated heterocycles. The zero-order chi connectivity index (χ0) is 15.0. The highest BCUT2D eigenvalue weighted by molar-refractivity contribution is 5.08. The average Bonchev–Trinajstić information content (AvgIpc) is 2.75. The molecule has 0 atom stereocenters. The van der Waals surface area contributed by atoms with Crippen molar-refractivity contribution in [1.29, 1.82) is 0 Å². The number of hydrogen-bond donors (Lipinski definition) is 0. The summed E-state index contributed by atoms with van der Waals surface area (Å²) >= 11 is 0. The van der Waals surface area contributed by atoms with E-state index in [1.54, 1.807) is 0 Å². The summed E-state index contributed by atoms with van der Waals surface area (Å²) in [4.78, 5) is 8.08. The third-order valence-electron chi connectivity index (χ3n) is 2.90. The van der Waals surface area contributed by atoms with Gasteiger partial charge in [-0.15, -0.1) is 0 Å². The number of pyridine rings is 1. The maximum Gasteiger partial charge on any atom is 0.0945 e. The topological polar surface area (TPSA) is 30.7 Å². The molecule has 0 amide bonds. The minimum atomic E-state index is 0.718. The van der Waals surface area contributed by atoms with Crippen LogP contribution in [0.1, 0.15) is 39.0 Å². The van der Waals surface area contributed by atoms with E-state index in [1.807, 2.05) is 38.0 Å². The molecule has 0 fully saturated rings. The van der Waals surface area contributed by atoms with E-state index in [9.17, 15) is 0 Å². The van der Waals surface area contributed by atoms with Gasteiger partial charge in [-0.1, -0.05) is 33.8 Å². The fraction of sp³-hybridized carbons (Fsp3) is 0.529. The van der Waals surface area contributed by atoms with Crippen LogP contribution in [0.4, 0.5) is 0 Å². The Morgan fingerprint density at radius 2 is 1.70 bits per heavy atom. The summed E-state index contributed by atoms with van der Waals surface area (Å²) in [6, 6.07) is 4.10. The molecule has 0 unspecified atom stereocenters. The summed E-state index contributed by atoms with van der Waals surface area (Å²) in [7, 11) is 2.03. The minimum Gasteiger partial charge on any atom is -0.338 e. The molecule has 0 saturated carbocycles. The molecule has 2 aromatic heterocycles. The molecule has 2 aromatic rings. The van der Waals surface area contributed by atoms with Gasteiger partial charge in [0.1, 0.15) is 0 Å². The van der Waals surface area contributed by atoms with Gasteiger partial charge < -0.3 is 4.57 Å². The van der Waals surface area contributed by atoms with E-state index in [4.69, 9.17) is 0 Å². The number of imidazole rings is 1. The monoisotopic (exact) mass is 273 g/mol.